The molecular formula is C20H25NO3. The van der Waals surface area contributed by atoms with Crippen molar-refractivity contribution in [1.29, 1.82) is 0 Å². The quantitative estimate of drug-likeness (QED) is 0.666. The number of anilines is 1. The summed E-state index contributed by atoms with van der Waals surface area (Å²) in [6.45, 7) is 5.31. The number of nitrogens with one attached hydrogen (secondary N) is 1. The highest BCUT2D eigenvalue weighted by molar-refractivity contribution is 6.06. The molecule has 0 atom stereocenters. The molecule has 0 aliphatic heterocycles. The number of benzene rings is 2. The van der Waals surface area contributed by atoms with Gasteiger partial charge in [-0.25, -0.2) is 0 Å². The van der Waals surface area contributed by atoms with Crippen LogP contribution in [0.3, 0.4) is 0 Å². The molecule has 4 heteroatoms. The van der Waals surface area contributed by atoms with Crippen molar-refractivity contribution in [3.8, 4) is 11.5 Å². The highest BCUT2D eigenvalue weighted by Crippen LogP contribution is 2.21. The summed E-state index contributed by atoms with van der Waals surface area (Å²) in [5.74, 6) is 1.22. The lowest BCUT2D eigenvalue weighted by molar-refractivity contribution is 0.102. The normalized spacial score (nSPS) is 10.2. The first-order valence-electron chi connectivity index (χ1n) is 8.50. The van der Waals surface area contributed by atoms with Crippen LogP contribution in [0.25, 0.3) is 0 Å². The minimum atomic E-state index is -0.185. The van der Waals surface area contributed by atoms with Crippen molar-refractivity contribution in [2.75, 3.05) is 18.5 Å². The first-order chi connectivity index (χ1) is 11.7. The van der Waals surface area contributed by atoms with Crippen molar-refractivity contribution in [2.45, 2.75) is 33.1 Å². The van der Waals surface area contributed by atoms with E-state index in [0.717, 1.165) is 24.5 Å². The lowest BCUT2D eigenvalue weighted by Crippen LogP contribution is -2.13. The van der Waals surface area contributed by atoms with Gasteiger partial charge in [-0.2, -0.15) is 0 Å². The summed E-state index contributed by atoms with van der Waals surface area (Å²) in [6, 6.07) is 14.7. The van der Waals surface area contributed by atoms with Crippen molar-refractivity contribution in [3.63, 3.8) is 0 Å². The molecular weight excluding hydrogens is 302 g/mol. The van der Waals surface area contributed by atoms with Gasteiger partial charge in [0.15, 0.2) is 0 Å². The number of ether oxygens (including phenoxy) is 2. The average molecular weight is 327 g/mol. The maximum Gasteiger partial charge on any atom is 0.259 e. The zero-order valence-electron chi connectivity index (χ0n) is 14.4. The Kier molecular flexibility index (Phi) is 7.15. The molecule has 2 rings (SSSR count). The van der Waals surface area contributed by atoms with Crippen LogP contribution >= 0.6 is 0 Å². The van der Waals surface area contributed by atoms with E-state index in [9.17, 15) is 4.79 Å². The Morgan fingerprint density at radius 2 is 1.71 bits per heavy atom. The second-order valence-electron chi connectivity index (χ2n) is 5.46. The maximum atomic E-state index is 12.4. The van der Waals surface area contributed by atoms with Gasteiger partial charge < -0.3 is 14.8 Å². The molecule has 0 saturated carbocycles. The minimum absolute atomic E-state index is 0.185. The summed E-state index contributed by atoms with van der Waals surface area (Å²) in [7, 11) is 0. The van der Waals surface area contributed by atoms with Crippen LogP contribution < -0.4 is 14.8 Å². The van der Waals surface area contributed by atoms with Crippen LogP contribution in [-0.2, 0) is 0 Å². The molecule has 4 nitrogen and oxygen atoms in total. The van der Waals surface area contributed by atoms with Crippen molar-refractivity contribution < 1.29 is 14.3 Å². The van der Waals surface area contributed by atoms with Crippen LogP contribution in [-0.4, -0.2) is 19.1 Å². The lowest BCUT2D eigenvalue weighted by atomic mass is 10.2. The molecule has 0 fully saturated rings. The predicted octanol–water partition coefficient (Wildman–Crippen LogP) is 4.91. The second kappa shape index (κ2) is 9.60. The highest BCUT2D eigenvalue weighted by Gasteiger charge is 2.12. The Hall–Kier alpha value is -2.49. The number of unbranched alkanes of at least 4 members (excludes halogenated alkanes) is 2. The largest absolute Gasteiger partial charge is 0.494 e. The van der Waals surface area contributed by atoms with E-state index in [0.29, 0.717) is 17.9 Å². The lowest BCUT2D eigenvalue weighted by Gasteiger charge is -2.11. The Balaban J connectivity index is 1.95. The molecule has 2 aromatic carbocycles. The third kappa shape index (κ3) is 5.30. The Labute approximate surface area is 143 Å². The molecule has 0 saturated heterocycles. The molecule has 0 radical (unpaired) electrons. The third-order valence-corrected chi connectivity index (χ3v) is 3.56. The third-order valence-electron chi connectivity index (χ3n) is 3.56. The molecule has 1 amide bonds. The van der Waals surface area contributed by atoms with Crippen LogP contribution in [0.1, 0.15) is 43.5 Å². The van der Waals surface area contributed by atoms with E-state index in [1.54, 1.807) is 12.1 Å². The van der Waals surface area contributed by atoms with Gasteiger partial charge in [0.25, 0.3) is 5.91 Å². The van der Waals surface area contributed by atoms with Crippen molar-refractivity contribution in [2.24, 2.45) is 0 Å². The van der Waals surface area contributed by atoms with Crippen LogP contribution in [0.4, 0.5) is 5.69 Å². The summed E-state index contributed by atoms with van der Waals surface area (Å²) < 4.78 is 11.2. The molecule has 24 heavy (non-hydrogen) atoms. The van der Waals surface area contributed by atoms with E-state index in [4.69, 9.17) is 9.47 Å². The van der Waals surface area contributed by atoms with E-state index >= 15 is 0 Å². The van der Waals surface area contributed by atoms with E-state index in [-0.39, 0.29) is 5.91 Å². The zero-order chi connectivity index (χ0) is 17.2. The van der Waals surface area contributed by atoms with Crippen molar-refractivity contribution in [3.05, 3.63) is 54.1 Å². The Morgan fingerprint density at radius 3 is 2.42 bits per heavy atom. The SMILES string of the molecule is CCCCCOc1ccc(NC(=O)c2ccccc2OCC)cc1. The maximum absolute atomic E-state index is 12.4. The van der Waals surface area contributed by atoms with Gasteiger partial charge in [-0.05, 0) is 49.7 Å². The molecule has 0 spiro atoms. The van der Waals surface area contributed by atoms with Gasteiger partial charge in [-0.3, -0.25) is 4.79 Å². The second-order valence-corrected chi connectivity index (χ2v) is 5.46. The number of amides is 1. The fourth-order valence-electron chi connectivity index (χ4n) is 2.31. The molecule has 0 aromatic heterocycles. The van der Waals surface area contributed by atoms with Crippen molar-refractivity contribution >= 4 is 11.6 Å². The fourth-order valence-corrected chi connectivity index (χ4v) is 2.31. The average Bonchev–Trinajstić information content (AvgIpc) is 2.61. The first kappa shape index (κ1) is 17.9. The molecule has 0 aliphatic carbocycles. The molecule has 128 valence electrons. The standard InChI is InChI=1S/C20H25NO3/c1-3-5-8-15-24-17-13-11-16(12-14-17)21-20(22)18-9-6-7-10-19(18)23-4-2/h6-7,9-14H,3-5,8,15H2,1-2H3,(H,21,22). The summed E-state index contributed by atoms with van der Waals surface area (Å²) in [6.07, 6.45) is 3.41. The van der Waals surface area contributed by atoms with E-state index in [1.165, 1.54) is 12.8 Å². The van der Waals surface area contributed by atoms with E-state index < -0.39 is 0 Å². The van der Waals surface area contributed by atoms with Crippen LogP contribution in [0, 0.1) is 0 Å². The number of para-hydroxylation sites is 1. The summed E-state index contributed by atoms with van der Waals surface area (Å²) in [5, 5.41) is 2.89. The number of carbonyl (C=O) groups excluding carboxylic acids is 1. The predicted molar refractivity (Wildman–Crippen MR) is 97.0 cm³/mol. The Bertz CT molecular complexity index is 638. The molecule has 0 heterocycles. The monoisotopic (exact) mass is 327 g/mol. The molecule has 2 aromatic rings. The summed E-state index contributed by atoms with van der Waals surface area (Å²) in [5.41, 5.74) is 1.26. The molecule has 0 aliphatic rings. The summed E-state index contributed by atoms with van der Waals surface area (Å²) in [4.78, 5) is 12.4. The molecule has 1 N–H and O–H groups in total. The van der Waals surface area contributed by atoms with Crippen LogP contribution in [0.15, 0.2) is 48.5 Å². The van der Waals surface area contributed by atoms with E-state index in [1.807, 2.05) is 43.3 Å². The fraction of sp³-hybridized carbons (Fsp3) is 0.350. The molecule has 0 bridgehead atoms. The van der Waals surface area contributed by atoms with Crippen LogP contribution in [0.2, 0.25) is 0 Å². The number of carbonyl (C=O) groups is 1. The van der Waals surface area contributed by atoms with Gasteiger partial charge in [0, 0.05) is 5.69 Å². The Morgan fingerprint density at radius 1 is 0.958 bits per heavy atom. The smallest absolute Gasteiger partial charge is 0.259 e. The highest BCUT2D eigenvalue weighted by atomic mass is 16.5. The summed E-state index contributed by atoms with van der Waals surface area (Å²) >= 11 is 0. The number of rotatable bonds is 9. The molecule has 0 unspecified atom stereocenters. The van der Waals surface area contributed by atoms with Gasteiger partial charge >= 0.3 is 0 Å². The van der Waals surface area contributed by atoms with Gasteiger partial charge in [-0.1, -0.05) is 31.9 Å². The first-order valence-corrected chi connectivity index (χ1v) is 8.50. The minimum Gasteiger partial charge on any atom is -0.494 e. The van der Waals surface area contributed by atoms with Gasteiger partial charge in [0.2, 0.25) is 0 Å². The van der Waals surface area contributed by atoms with Gasteiger partial charge in [0.1, 0.15) is 11.5 Å². The van der Waals surface area contributed by atoms with Crippen LogP contribution in [0.5, 0.6) is 11.5 Å². The number of hydrogen-bond acceptors (Lipinski definition) is 3. The van der Waals surface area contributed by atoms with Crippen molar-refractivity contribution in [1.82, 2.24) is 0 Å². The van der Waals surface area contributed by atoms with Gasteiger partial charge in [0.05, 0.1) is 18.8 Å². The van der Waals surface area contributed by atoms with Gasteiger partial charge in [-0.15, -0.1) is 0 Å². The number of hydrogen-bond donors (Lipinski definition) is 1. The topological polar surface area (TPSA) is 47.6 Å². The zero-order valence-corrected chi connectivity index (χ0v) is 14.4. The van der Waals surface area contributed by atoms with E-state index in [2.05, 4.69) is 12.2 Å².